The third-order valence-corrected chi connectivity index (χ3v) is 6.77. The molecule has 0 saturated carbocycles. The Morgan fingerprint density at radius 3 is 2.38 bits per heavy atom. The lowest BCUT2D eigenvalue weighted by atomic mass is 9.81. The average Bonchev–Trinajstić information content (AvgIpc) is 3.28. The predicted octanol–water partition coefficient (Wildman–Crippen LogP) is 3.81. The van der Waals surface area contributed by atoms with Crippen LogP contribution in [0.25, 0.3) is 11.3 Å². The van der Waals surface area contributed by atoms with E-state index < -0.39 is 59.4 Å². The number of hydrogen-bond acceptors (Lipinski definition) is 7. The fourth-order valence-electron chi connectivity index (χ4n) is 4.25. The molecule has 2 atom stereocenters. The molecule has 1 aromatic heterocycles. The molecule has 1 aliphatic heterocycles. The van der Waals surface area contributed by atoms with E-state index in [9.17, 15) is 41.0 Å². The van der Waals surface area contributed by atoms with Crippen molar-refractivity contribution in [2.24, 2.45) is 5.73 Å². The number of methoxy groups -OCH3 is 1. The fourth-order valence-corrected chi connectivity index (χ4v) is 4.25. The predicted molar refractivity (Wildman–Crippen MR) is 134 cm³/mol. The minimum atomic E-state index is -5.43. The van der Waals surface area contributed by atoms with Crippen LogP contribution in [-0.4, -0.2) is 55.0 Å². The van der Waals surface area contributed by atoms with Crippen LogP contribution >= 0.6 is 0 Å². The molecular formula is C27H23F6N3O6. The minimum Gasteiger partial charge on any atom is -0.493 e. The van der Waals surface area contributed by atoms with Gasteiger partial charge in [-0.15, -0.1) is 0 Å². The Hall–Kier alpha value is -4.53. The highest BCUT2D eigenvalue weighted by atomic mass is 19.4. The molecule has 4 N–H and O–H groups in total. The van der Waals surface area contributed by atoms with E-state index in [-0.39, 0.29) is 40.5 Å². The standard InChI is InChI=1S/C27H23F6N3O6/c1-25(23(34)38)12-41-21-16(25)10-19(36-20(21)13-3-6-15(28)7-4-13)26(39,27(31,32)33)11-35-22(37)14-5-8-17(42-24(29)30)18(9-14)40-2/h3-10,24,39H,11-12H2,1-2H3,(H2,34,38)(H,35,37)/t25-,26?/m0/s1. The van der Waals surface area contributed by atoms with Gasteiger partial charge in [-0.05, 0) is 55.5 Å². The zero-order chi connectivity index (χ0) is 31.0. The largest absolute Gasteiger partial charge is 0.493 e. The van der Waals surface area contributed by atoms with Gasteiger partial charge in [0.15, 0.2) is 11.5 Å². The van der Waals surface area contributed by atoms with Crippen molar-refractivity contribution in [3.63, 3.8) is 0 Å². The molecule has 1 unspecified atom stereocenters. The van der Waals surface area contributed by atoms with Crippen LogP contribution in [0, 0.1) is 5.82 Å². The number of pyridine rings is 1. The van der Waals surface area contributed by atoms with Gasteiger partial charge in [0.25, 0.3) is 5.91 Å². The fraction of sp³-hybridized carbons (Fsp3) is 0.296. The van der Waals surface area contributed by atoms with Gasteiger partial charge in [0, 0.05) is 16.7 Å². The van der Waals surface area contributed by atoms with Crippen molar-refractivity contribution in [3.8, 4) is 28.5 Å². The molecule has 1 aliphatic rings. The highest BCUT2D eigenvalue weighted by Gasteiger charge is 2.57. The number of ether oxygens (including phenoxy) is 3. The van der Waals surface area contributed by atoms with E-state index in [0.717, 1.165) is 43.5 Å². The van der Waals surface area contributed by atoms with Crippen LogP contribution < -0.4 is 25.3 Å². The van der Waals surface area contributed by atoms with E-state index >= 15 is 0 Å². The summed E-state index contributed by atoms with van der Waals surface area (Å²) >= 11 is 0. The van der Waals surface area contributed by atoms with Crippen molar-refractivity contribution in [2.75, 3.05) is 20.3 Å². The molecule has 9 nitrogen and oxygen atoms in total. The van der Waals surface area contributed by atoms with Gasteiger partial charge in [0.05, 0.1) is 19.3 Å². The van der Waals surface area contributed by atoms with Gasteiger partial charge in [0.2, 0.25) is 11.5 Å². The SMILES string of the molecule is COc1cc(C(=O)NCC(O)(c2cc3c(c(-c4ccc(F)cc4)n2)OC[C@]3(C)C(N)=O)C(F)(F)F)ccc1OC(F)F. The Bertz CT molecular complexity index is 1520. The number of carbonyl (C=O) groups is 2. The lowest BCUT2D eigenvalue weighted by Gasteiger charge is -2.31. The molecule has 0 saturated heterocycles. The summed E-state index contributed by atoms with van der Waals surface area (Å²) in [5, 5.41) is 13.0. The summed E-state index contributed by atoms with van der Waals surface area (Å²) in [6, 6.07) is 8.22. The maximum Gasteiger partial charge on any atom is 0.424 e. The first-order chi connectivity index (χ1) is 19.6. The van der Waals surface area contributed by atoms with Crippen LogP contribution in [-0.2, 0) is 15.8 Å². The van der Waals surface area contributed by atoms with Crippen LogP contribution in [0.2, 0.25) is 0 Å². The number of aromatic nitrogens is 1. The first kappa shape index (κ1) is 30.4. The maximum atomic E-state index is 14.5. The Morgan fingerprint density at radius 1 is 1.14 bits per heavy atom. The smallest absolute Gasteiger partial charge is 0.424 e. The Kier molecular flexibility index (Phi) is 8.00. The summed E-state index contributed by atoms with van der Waals surface area (Å²) in [6.45, 7) is -3.68. The number of benzene rings is 2. The molecule has 2 amide bonds. The number of hydrogen-bond donors (Lipinski definition) is 3. The number of primary amides is 1. The first-order valence-corrected chi connectivity index (χ1v) is 12.1. The molecule has 0 fully saturated rings. The molecular weight excluding hydrogens is 576 g/mol. The summed E-state index contributed by atoms with van der Waals surface area (Å²) in [4.78, 5) is 29.1. The number of carbonyl (C=O) groups excluding carboxylic acids is 2. The zero-order valence-electron chi connectivity index (χ0n) is 21.9. The van der Waals surface area contributed by atoms with Crippen molar-refractivity contribution < 1.29 is 55.2 Å². The van der Waals surface area contributed by atoms with Gasteiger partial charge in [-0.25, -0.2) is 9.37 Å². The third-order valence-electron chi connectivity index (χ3n) is 6.77. The van der Waals surface area contributed by atoms with Crippen LogP contribution in [0.1, 0.15) is 28.5 Å². The van der Waals surface area contributed by atoms with E-state index in [1.165, 1.54) is 19.1 Å². The monoisotopic (exact) mass is 599 g/mol. The second-order valence-corrected chi connectivity index (χ2v) is 9.51. The third kappa shape index (κ3) is 5.51. The molecule has 224 valence electrons. The van der Waals surface area contributed by atoms with Crippen LogP contribution in [0.5, 0.6) is 17.2 Å². The topological polar surface area (TPSA) is 133 Å². The molecule has 4 rings (SSSR count). The molecule has 2 heterocycles. The molecule has 42 heavy (non-hydrogen) atoms. The molecule has 0 bridgehead atoms. The molecule has 0 radical (unpaired) electrons. The number of halogens is 6. The van der Waals surface area contributed by atoms with Gasteiger partial charge in [-0.3, -0.25) is 9.59 Å². The van der Waals surface area contributed by atoms with Crippen molar-refractivity contribution in [2.45, 2.75) is 30.7 Å². The molecule has 2 aromatic carbocycles. The number of amides is 2. The number of alkyl halides is 5. The lowest BCUT2D eigenvalue weighted by Crippen LogP contribution is -2.51. The van der Waals surface area contributed by atoms with E-state index in [1.54, 1.807) is 0 Å². The van der Waals surface area contributed by atoms with Crippen molar-refractivity contribution in [1.82, 2.24) is 10.3 Å². The van der Waals surface area contributed by atoms with Gasteiger partial charge >= 0.3 is 12.8 Å². The number of nitrogens with two attached hydrogens (primary N) is 1. The number of nitrogens with one attached hydrogen (secondary N) is 1. The molecule has 0 spiro atoms. The summed E-state index contributed by atoms with van der Waals surface area (Å²) in [5.41, 5.74) is -1.45. The maximum absolute atomic E-state index is 14.5. The highest BCUT2D eigenvalue weighted by Crippen LogP contribution is 2.47. The molecule has 3 aromatic rings. The second-order valence-electron chi connectivity index (χ2n) is 9.51. The lowest BCUT2D eigenvalue weighted by molar-refractivity contribution is -0.265. The van der Waals surface area contributed by atoms with Gasteiger partial charge in [-0.1, -0.05) is 0 Å². The van der Waals surface area contributed by atoms with Gasteiger partial charge < -0.3 is 30.4 Å². The van der Waals surface area contributed by atoms with Crippen LogP contribution in [0.3, 0.4) is 0 Å². The number of nitrogens with zero attached hydrogens (tertiary/aromatic N) is 1. The first-order valence-electron chi connectivity index (χ1n) is 12.1. The number of rotatable bonds is 9. The normalized spacial score (nSPS) is 17.7. The van der Waals surface area contributed by atoms with E-state index in [1.807, 2.05) is 5.32 Å². The van der Waals surface area contributed by atoms with Crippen LogP contribution in [0.15, 0.2) is 48.5 Å². The zero-order valence-corrected chi connectivity index (χ0v) is 21.9. The highest BCUT2D eigenvalue weighted by molar-refractivity contribution is 5.95. The second kappa shape index (κ2) is 11.0. The molecule has 15 heteroatoms. The minimum absolute atomic E-state index is 0.0848. The summed E-state index contributed by atoms with van der Waals surface area (Å²) in [7, 11) is 1.10. The quantitative estimate of drug-likeness (QED) is 0.319. The van der Waals surface area contributed by atoms with Crippen molar-refractivity contribution in [1.29, 1.82) is 0 Å². The van der Waals surface area contributed by atoms with Crippen molar-refractivity contribution >= 4 is 11.8 Å². The molecule has 0 aliphatic carbocycles. The van der Waals surface area contributed by atoms with E-state index in [2.05, 4.69) is 9.72 Å². The summed E-state index contributed by atoms with van der Waals surface area (Å²) in [6.07, 6.45) is -5.43. The summed E-state index contributed by atoms with van der Waals surface area (Å²) in [5.74, 6) is -3.52. The van der Waals surface area contributed by atoms with E-state index in [4.69, 9.17) is 15.2 Å². The number of aliphatic hydroxyl groups is 1. The van der Waals surface area contributed by atoms with Gasteiger partial charge in [-0.2, -0.15) is 22.0 Å². The average molecular weight is 599 g/mol. The Morgan fingerprint density at radius 2 is 1.81 bits per heavy atom. The number of fused-ring (bicyclic) bond motifs is 1. The van der Waals surface area contributed by atoms with Gasteiger partial charge in [0.1, 0.15) is 29.3 Å². The summed E-state index contributed by atoms with van der Waals surface area (Å²) < 4.78 is 97.1. The Balaban J connectivity index is 1.77. The Labute approximate surface area is 234 Å². The van der Waals surface area contributed by atoms with Crippen molar-refractivity contribution in [3.05, 3.63) is 71.2 Å². The van der Waals surface area contributed by atoms with E-state index in [0.29, 0.717) is 0 Å². The van der Waals surface area contributed by atoms with Crippen LogP contribution in [0.4, 0.5) is 26.3 Å².